The van der Waals surface area contributed by atoms with Gasteiger partial charge in [0.1, 0.15) is 11.5 Å². The van der Waals surface area contributed by atoms with Gasteiger partial charge in [0.25, 0.3) is 5.91 Å². The number of anilines is 2. The molecule has 234 valence electrons. The predicted molar refractivity (Wildman–Crippen MR) is 173 cm³/mol. The van der Waals surface area contributed by atoms with Crippen molar-refractivity contribution in [2.75, 3.05) is 24.8 Å². The van der Waals surface area contributed by atoms with Crippen LogP contribution in [0.4, 0.5) is 16.2 Å². The summed E-state index contributed by atoms with van der Waals surface area (Å²) in [7, 11) is 3.67. The Balaban J connectivity index is 1.18. The lowest BCUT2D eigenvalue weighted by Gasteiger charge is -2.42. The molecule has 2 fully saturated rings. The van der Waals surface area contributed by atoms with Crippen molar-refractivity contribution in [3.63, 3.8) is 0 Å². The Morgan fingerprint density at radius 2 is 1.66 bits per heavy atom. The van der Waals surface area contributed by atoms with Crippen LogP contribution in [0.15, 0.2) is 60.7 Å². The first kappa shape index (κ1) is 31.5. The lowest BCUT2D eigenvalue weighted by molar-refractivity contribution is -0.0822. The number of methoxy groups -OCH3 is 1. The maximum absolute atomic E-state index is 13.0. The lowest BCUT2D eigenvalue weighted by atomic mass is 10.0. The number of piperidine rings is 1. The fourth-order valence-corrected chi connectivity index (χ4v) is 6.28. The smallest absolute Gasteiger partial charge is 0.319 e. The zero-order valence-corrected chi connectivity index (χ0v) is 26.5. The van der Waals surface area contributed by atoms with Crippen LogP contribution in [0.1, 0.15) is 69.2 Å². The number of rotatable bonds is 11. The molecule has 9 nitrogen and oxygen atoms in total. The van der Waals surface area contributed by atoms with Gasteiger partial charge in [-0.05, 0) is 93.7 Å². The Bertz CT molecular complexity index is 1470. The van der Waals surface area contributed by atoms with E-state index in [0.29, 0.717) is 51.0 Å². The van der Waals surface area contributed by atoms with Gasteiger partial charge in [-0.25, -0.2) is 4.79 Å². The fraction of sp³-hybridized carbons (Fsp3) is 0.412. The van der Waals surface area contributed by atoms with E-state index in [2.05, 4.69) is 27.9 Å². The van der Waals surface area contributed by atoms with Crippen LogP contribution in [-0.4, -0.2) is 48.8 Å². The van der Waals surface area contributed by atoms with Crippen LogP contribution >= 0.6 is 11.6 Å². The molecule has 3 aromatic rings. The van der Waals surface area contributed by atoms with Crippen molar-refractivity contribution in [1.82, 2.24) is 10.2 Å². The molecule has 0 spiro atoms. The average molecular weight is 621 g/mol. The molecule has 10 heteroatoms. The number of carbonyl (C=O) groups excluding carboxylic acids is 2. The summed E-state index contributed by atoms with van der Waals surface area (Å²) in [5, 5.41) is 9.11. The van der Waals surface area contributed by atoms with E-state index in [1.807, 2.05) is 13.8 Å². The summed E-state index contributed by atoms with van der Waals surface area (Å²) < 4.78 is 18.0. The Morgan fingerprint density at radius 3 is 2.36 bits per heavy atom. The van der Waals surface area contributed by atoms with E-state index in [1.165, 1.54) is 13.5 Å². The number of nitrogens with one attached hydrogen (secondary N) is 3. The minimum Gasteiger partial charge on any atom is -0.493 e. The zero-order valence-electron chi connectivity index (χ0n) is 25.7. The van der Waals surface area contributed by atoms with Crippen molar-refractivity contribution in [1.29, 1.82) is 0 Å². The maximum Gasteiger partial charge on any atom is 0.319 e. The van der Waals surface area contributed by atoms with Crippen LogP contribution < -0.4 is 30.2 Å². The Labute approximate surface area is 264 Å². The minimum atomic E-state index is -0.313. The molecule has 3 aromatic carbocycles. The van der Waals surface area contributed by atoms with E-state index in [-0.39, 0.29) is 23.7 Å². The normalized spacial score (nSPS) is 19.4. The predicted octanol–water partition coefficient (Wildman–Crippen LogP) is 8.06. The number of halogens is 1. The van der Waals surface area contributed by atoms with E-state index < -0.39 is 0 Å². The Morgan fingerprint density at radius 1 is 0.932 bits per heavy atom. The fourth-order valence-electron chi connectivity index (χ4n) is 6.06. The van der Waals surface area contributed by atoms with Gasteiger partial charge >= 0.3 is 6.03 Å². The molecule has 0 saturated carbocycles. The number of benzene rings is 3. The van der Waals surface area contributed by atoms with Crippen molar-refractivity contribution < 1.29 is 23.8 Å². The van der Waals surface area contributed by atoms with Gasteiger partial charge in [-0.3, -0.25) is 9.69 Å². The third kappa shape index (κ3) is 7.05. The van der Waals surface area contributed by atoms with Crippen molar-refractivity contribution >= 4 is 34.9 Å². The first-order valence-corrected chi connectivity index (χ1v) is 15.7. The second-order valence-electron chi connectivity index (χ2n) is 11.4. The molecule has 0 radical (unpaired) electrons. The van der Waals surface area contributed by atoms with Crippen LogP contribution in [0.25, 0.3) is 0 Å². The number of urea groups is 1. The number of fused-ring (bicyclic) bond motifs is 2. The van der Waals surface area contributed by atoms with Crippen LogP contribution in [0, 0.1) is 0 Å². The first-order chi connectivity index (χ1) is 21.2. The highest BCUT2D eigenvalue weighted by molar-refractivity contribution is 6.32. The number of nitrogens with zero attached hydrogens (tertiary/aromatic N) is 1. The van der Waals surface area contributed by atoms with Crippen LogP contribution in [0.5, 0.6) is 23.0 Å². The SMILES string of the molecule is CCC(CC)NC(=O)Nc1ccc(Oc2ccc(NC(=O)c3ccc(OC45CCCC(CC4)N5C)c(Cl)c3)cc2)c(OC)c1. The monoisotopic (exact) mass is 620 g/mol. The number of amides is 3. The molecule has 2 bridgehead atoms. The number of ether oxygens (including phenoxy) is 3. The molecule has 0 aromatic heterocycles. The van der Waals surface area contributed by atoms with Crippen molar-refractivity contribution in [3.05, 3.63) is 71.2 Å². The van der Waals surface area contributed by atoms with E-state index in [9.17, 15) is 9.59 Å². The zero-order chi connectivity index (χ0) is 31.3. The van der Waals surface area contributed by atoms with Crippen LogP contribution in [0.3, 0.4) is 0 Å². The molecule has 2 unspecified atom stereocenters. The Kier molecular flexibility index (Phi) is 9.86. The summed E-state index contributed by atoms with van der Waals surface area (Å²) in [4.78, 5) is 27.7. The van der Waals surface area contributed by atoms with Crippen molar-refractivity contribution in [3.8, 4) is 23.0 Å². The molecule has 2 aliphatic heterocycles. The van der Waals surface area contributed by atoms with Gasteiger partial charge in [0.05, 0.1) is 12.1 Å². The van der Waals surface area contributed by atoms with Gasteiger partial charge in [-0.2, -0.15) is 0 Å². The minimum absolute atomic E-state index is 0.119. The van der Waals surface area contributed by atoms with E-state index in [4.69, 9.17) is 25.8 Å². The van der Waals surface area contributed by atoms with Crippen LogP contribution in [-0.2, 0) is 0 Å². The summed E-state index contributed by atoms with van der Waals surface area (Å²) in [6.45, 7) is 4.07. The molecule has 44 heavy (non-hydrogen) atoms. The molecule has 3 amide bonds. The summed E-state index contributed by atoms with van der Waals surface area (Å²) in [6.07, 6.45) is 7.17. The quantitative estimate of drug-likeness (QED) is 0.200. The molecule has 3 N–H and O–H groups in total. The summed E-state index contributed by atoms with van der Waals surface area (Å²) >= 11 is 6.59. The maximum atomic E-state index is 13.0. The van der Waals surface area contributed by atoms with Gasteiger partial charge in [-0.1, -0.05) is 25.4 Å². The standard InChI is InChI=1S/C34H41ClN4O5/c1-5-23(6-2)37-33(41)38-25-12-16-30(31(21-25)42-4)43-27-13-10-24(11-14-27)36-32(40)22-9-15-29(28(35)20-22)44-34-18-7-8-26(17-19-34)39(34)3/h9-16,20-21,23,26H,5-8,17-19H2,1-4H3,(H,36,40)(H2,37,38,41). The topological polar surface area (TPSA) is 101 Å². The highest BCUT2D eigenvalue weighted by Gasteiger charge is 2.48. The van der Waals surface area contributed by atoms with E-state index in [0.717, 1.165) is 38.5 Å². The summed E-state index contributed by atoms with van der Waals surface area (Å²) in [5.74, 6) is 1.83. The second-order valence-corrected chi connectivity index (χ2v) is 11.9. The molecule has 2 atom stereocenters. The molecule has 0 aliphatic carbocycles. The van der Waals surface area contributed by atoms with Crippen LogP contribution in [0.2, 0.25) is 5.02 Å². The third-order valence-electron chi connectivity index (χ3n) is 8.74. The lowest BCUT2D eigenvalue weighted by Crippen LogP contribution is -2.51. The molecule has 2 aliphatic rings. The molecule has 5 rings (SSSR count). The average Bonchev–Trinajstić information content (AvgIpc) is 3.17. The largest absolute Gasteiger partial charge is 0.493 e. The van der Waals surface area contributed by atoms with Gasteiger partial charge in [0, 0.05) is 47.9 Å². The summed E-state index contributed by atoms with van der Waals surface area (Å²) in [5.41, 5.74) is 1.32. The first-order valence-electron chi connectivity index (χ1n) is 15.3. The van der Waals surface area contributed by atoms with Gasteiger partial charge in [0.2, 0.25) is 0 Å². The summed E-state index contributed by atoms with van der Waals surface area (Å²) in [6, 6.07) is 17.8. The number of carbonyl (C=O) groups is 2. The molecular formula is C34H41ClN4O5. The van der Waals surface area contributed by atoms with Crippen molar-refractivity contribution in [2.45, 2.75) is 76.6 Å². The molecule has 2 saturated heterocycles. The van der Waals surface area contributed by atoms with Gasteiger partial charge < -0.3 is 30.2 Å². The second kappa shape index (κ2) is 13.8. The number of hydrogen-bond donors (Lipinski definition) is 3. The van der Waals surface area contributed by atoms with Crippen molar-refractivity contribution in [2.24, 2.45) is 0 Å². The third-order valence-corrected chi connectivity index (χ3v) is 9.04. The Hall–Kier alpha value is -3.95. The van der Waals surface area contributed by atoms with Gasteiger partial charge in [0.15, 0.2) is 17.2 Å². The highest BCUT2D eigenvalue weighted by Crippen LogP contribution is 2.45. The van der Waals surface area contributed by atoms with E-state index >= 15 is 0 Å². The highest BCUT2D eigenvalue weighted by atomic mass is 35.5. The molecule has 2 heterocycles. The van der Waals surface area contributed by atoms with E-state index in [1.54, 1.807) is 60.7 Å². The van der Waals surface area contributed by atoms with Gasteiger partial charge in [-0.15, -0.1) is 0 Å². The number of hydrogen-bond acceptors (Lipinski definition) is 6. The molecular weight excluding hydrogens is 580 g/mol.